The summed E-state index contributed by atoms with van der Waals surface area (Å²) in [7, 11) is 0. The van der Waals surface area contributed by atoms with Crippen LogP contribution in [0.15, 0.2) is 79.3 Å². The molecule has 1 atom stereocenters. The van der Waals surface area contributed by atoms with Crippen LogP contribution in [0.3, 0.4) is 0 Å². The Bertz CT molecular complexity index is 1080. The summed E-state index contributed by atoms with van der Waals surface area (Å²) in [4.78, 5) is 26.8. The van der Waals surface area contributed by atoms with Crippen LogP contribution in [0.1, 0.15) is 11.1 Å². The fourth-order valence-corrected chi connectivity index (χ4v) is 3.81. The first kappa shape index (κ1) is 18.1. The second-order valence-electron chi connectivity index (χ2n) is 6.49. The molecule has 0 aliphatic carbocycles. The van der Waals surface area contributed by atoms with Gasteiger partial charge >= 0.3 is 0 Å². The zero-order chi connectivity index (χ0) is 19.6. The summed E-state index contributed by atoms with van der Waals surface area (Å²) in [6.07, 6.45) is 5.70. The zero-order valence-corrected chi connectivity index (χ0v) is 15.6. The van der Waals surface area contributed by atoms with E-state index in [9.17, 15) is 9.59 Å². The Balaban J connectivity index is 1.94. The molecule has 138 valence electrons. The maximum Gasteiger partial charge on any atom is 0.288 e. The number of rotatable bonds is 5. The number of hydrogen-bond acceptors (Lipinski definition) is 3. The zero-order valence-electron chi connectivity index (χ0n) is 14.9. The Morgan fingerprint density at radius 1 is 1.04 bits per heavy atom. The monoisotopic (exact) mass is 390 g/mol. The number of fused-ring (bicyclic) bond motifs is 1. The predicted octanol–water partition coefficient (Wildman–Crippen LogP) is 4.20. The Morgan fingerprint density at radius 3 is 2.50 bits per heavy atom. The van der Waals surface area contributed by atoms with E-state index in [0.29, 0.717) is 21.7 Å². The number of benzene rings is 2. The molecule has 1 aromatic heterocycles. The normalized spacial score (nSPS) is 17.5. The smallest absolute Gasteiger partial charge is 0.288 e. The number of nitrogens with zero attached hydrogens (tertiary/aromatic N) is 2. The first-order valence-electron chi connectivity index (χ1n) is 8.75. The second-order valence-corrected chi connectivity index (χ2v) is 6.90. The molecule has 2 aromatic carbocycles. The first-order chi connectivity index (χ1) is 13.6. The minimum absolute atomic E-state index is 0.275. The van der Waals surface area contributed by atoms with E-state index in [0.717, 1.165) is 22.5 Å². The molecule has 5 nitrogen and oxygen atoms in total. The molecule has 6 heteroatoms. The van der Waals surface area contributed by atoms with Crippen molar-refractivity contribution in [1.82, 2.24) is 14.8 Å². The van der Waals surface area contributed by atoms with Crippen molar-refractivity contribution in [1.29, 1.82) is 0 Å². The van der Waals surface area contributed by atoms with Gasteiger partial charge in [-0.05, 0) is 12.1 Å². The highest BCUT2D eigenvalue weighted by atomic mass is 35.5. The molecule has 28 heavy (non-hydrogen) atoms. The summed E-state index contributed by atoms with van der Waals surface area (Å²) in [5.74, 6) is -0.687. The Kier molecular flexibility index (Phi) is 4.77. The number of nitrogens with one attached hydrogen (secondary N) is 1. The van der Waals surface area contributed by atoms with Gasteiger partial charge in [-0.25, -0.2) is 4.48 Å². The van der Waals surface area contributed by atoms with Crippen molar-refractivity contribution in [3.8, 4) is 0 Å². The van der Waals surface area contributed by atoms with Crippen molar-refractivity contribution in [3.63, 3.8) is 0 Å². The highest BCUT2D eigenvalue weighted by Gasteiger charge is 2.41. The van der Waals surface area contributed by atoms with E-state index in [1.54, 1.807) is 12.4 Å². The lowest BCUT2D eigenvalue weighted by molar-refractivity contribution is -0.130. The van der Waals surface area contributed by atoms with Gasteiger partial charge in [-0.3, -0.25) is 14.6 Å². The summed E-state index contributed by atoms with van der Waals surface area (Å²) in [6, 6.07) is 19.4. The van der Waals surface area contributed by atoms with Gasteiger partial charge in [0.05, 0.1) is 5.56 Å². The van der Waals surface area contributed by atoms with Gasteiger partial charge in [-0.15, -0.1) is 0 Å². The number of aromatic nitrogens is 1. The maximum atomic E-state index is 11.8. The van der Waals surface area contributed by atoms with Gasteiger partial charge in [0.25, 0.3) is 5.91 Å². The third kappa shape index (κ3) is 3.11. The van der Waals surface area contributed by atoms with E-state index in [1.807, 2.05) is 66.9 Å². The molecule has 0 bridgehead atoms. The minimum atomic E-state index is -0.687. The maximum absolute atomic E-state index is 11.8. The molecule has 1 amide bonds. The van der Waals surface area contributed by atoms with Crippen LogP contribution in [0, 0.1) is 0 Å². The van der Waals surface area contributed by atoms with Crippen LogP contribution in [-0.2, 0) is 16.1 Å². The number of pyridine rings is 1. The van der Waals surface area contributed by atoms with Gasteiger partial charge in [-0.1, -0.05) is 41.9 Å². The molecule has 1 aliphatic heterocycles. The predicted molar refractivity (Wildman–Crippen MR) is 109 cm³/mol. The molecular formula is C22H17ClN3O2+. The largest absolute Gasteiger partial charge is 0.315 e. The molecule has 1 N–H and O–H groups in total. The minimum Gasteiger partial charge on any atom is -0.315 e. The Hall–Kier alpha value is -3.28. The summed E-state index contributed by atoms with van der Waals surface area (Å²) >= 11 is 6.46. The summed E-state index contributed by atoms with van der Waals surface area (Å²) < 4.78 is 0.316. The summed E-state index contributed by atoms with van der Waals surface area (Å²) in [6.45, 7) is 0.543. The van der Waals surface area contributed by atoms with Crippen LogP contribution in [0.4, 0.5) is 11.4 Å². The number of amides is 1. The van der Waals surface area contributed by atoms with Gasteiger partial charge in [0.1, 0.15) is 24.1 Å². The van der Waals surface area contributed by atoms with Crippen LogP contribution in [0.2, 0.25) is 5.02 Å². The number of quaternary nitrogens is 1. The van der Waals surface area contributed by atoms with E-state index >= 15 is 0 Å². The molecule has 0 spiro atoms. The molecule has 1 unspecified atom stereocenters. The van der Waals surface area contributed by atoms with Gasteiger partial charge in [0.15, 0.2) is 5.69 Å². The number of aldehydes is 1. The molecule has 3 aromatic rings. The highest BCUT2D eigenvalue weighted by Crippen LogP contribution is 2.47. The molecule has 0 radical (unpaired) electrons. The highest BCUT2D eigenvalue weighted by molar-refractivity contribution is 6.31. The fourth-order valence-electron chi connectivity index (χ4n) is 3.61. The van der Waals surface area contributed by atoms with Gasteiger partial charge in [-0.2, -0.15) is 0 Å². The number of carbonyl (C=O) groups is 2. The second kappa shape index (κ2) is 7.38. The number of para-hydroxylation sites is 1. The SMILES string of the molecule is O=CC(=O)NC1=C[N+](Cc2ccccc2Cl)(c2ccncc2)c2ccccc21. The van der Waals surface area contributed by atoms with Crippen LogP contribution >= 0.6 is 11.6 Å². The fraction of sp³-hybridized carbons (Fsp3) is 0.0455. The molecule has 0 saturated carbocycles. The molecular weight excluding hydrogens is 374 g/mol. The van der Waals surface area contributed by atoms with Gasteiger partial charge in [0.2, 0.25) is 6.29 Å². The number of hydrogen-bond donors (Lipinski definition) is 1. The average molecular weight is 391 g/mol. The van der Waals surface area contributed by atoms with Crippen molar-refractivity contribution < 1.29 is 9.59 Å². The Morgan fingerprint density at radius 2 is 1.75 bits per heavy atom. The topological polar surface area (TPSA) is 59.1 Å². The van der Waals surface area contributed by atoms with Crippen LogP contribution in [0.5, 0.6) is 0 Å². The van der Waals surface area contributed by atoms with E-state index < -0.39 is 5.91 Å². The van der Waals surface area contributed by atoms with Crippen molar-refractivity contribution in [3.05, 3.63) is 95.4 Å². The summed E-state index contributed by atoms with van der Waals surface area (Å²) in [5.41, 5.74) is 4.38. The van der Waals surface area contributed by atoms with E-state index in [1.165, 1.54) is 0 Å². The number of halogens is 1. The van der Waals surface area contributed by atoms with E-state index in [4.69, 9.17) is 11.6 Å². The molecule has 4 rings (SSSR count). The van der Waals surface area contributed by atoms with Crippen LogP contribution in [0.25, 0.3) is 5.70 Å². The third-order valence-electron chi connectivity index (χ3n) is 4.84. The van der Waals surface area contributed by atoms with E-state index in [-0.39, 0.29) is 6.29 Å². The quantitative estimate of drug-likeness (QED) is 0.403. The summed E-state index contributed by atoms with van der Waals surface area (Å²) in [5, 5.41) is 3.37. The average Bonchev–Trinajstić information content (AvgIpc) is 3.05. The van der Waals surface area contributed by atoms with Crippen molar-refractivity contribution in [2.24, 2.45) is 0 Å². The van der Waals surface area contributed by atoms with Crippen LogP contribution < -0.4 is 9.80 Å². The van der Waals surface area contributed by atoms with Crippen molar-refractivity contribution >= 4 is 40.9 Å². The van der Waals surface area contributed by atoms with Crippen molar-refractivity contribution in [2.75, 3.05) is 0 Å². The third-order valence-corrected chi connectivity index (χ3v) is 5.21. The van der Waals surface area contributed by atoms with Crippen LogP contribution in [-0.4, -0.2) is 17.2 Å². The lowest BCUT2D eigenvalue weighted by atomic mass is 10.1. The van der Waals surface area contributed by atoms with Crippen molar-refractivity contribution in [2.45, 2.75) is 6.54 Å². The van der Waals surface area contributed by atoms with Gasteiger partial charge < -0.3 is 5.32 Å². The molecule has 0 fully saturated rings. The Labute approximate surface area is 167 Å². The van der Waals surface area contributed by atoms with E-state index in [2.05, 4.69) is 10.3 Å². The standard InChI is InChI=1S/C22H16ClN3O2/c23-19-7-3-1-5-16(19)13-26(17-9-11-24-12-10-17)14-20(25-22(28)15-27)18-6-2-4-8-21(18)26/h1-12,14-15H,13H2/p+1. The molecule has 2 heterocycles. The van der Waals surface area contributed by atoms with Gasteiger partial charge in [0, 0.05) is 41.2 Å². The first-order valence-corrected chi connectivity index (χ1v) is 9.12. The molecule has 1 aliphatic rings. The lowest BCUT2D eigenvalue weighted by Crippen LogP contribution is -2.36. The lowest BCUT2D eigenvalue weighted by Gasteiger charge is -2.32. The number of carbonyl (C=O) groups excluding carboxylic acids is 2. The molecule has 0 saturated heterocycles.